The van der Waals surface area contributed by atoms with Gasteiger partial charge in [0.1, 0.15) is 13.2 Å². The molecular weight excluding hydrogens is 530 g/mol. The third-order valence-electron chi connectivity index (χ3n) is 5.87. The van der Waals surface area contributed by atoms with E-state index in [2.05, 4.69) is 26.6 Å². The standard InChI is InChI=1S/C29H29N5O7/c35-24(40-17-19-8-2-1-3-9-19)14-7-15-30-29(39)41-18-20-10-6-11-21(16-20)31-28(38)34-25-26(36)32-22-12-4-5-13-23(22)33-27(25)37/h1-6,8-13,16,25H,7,14-15,17-18H2,(H,30,39)(H,32,36)(H,33,37)(H2,31,34,38). The molecule has 3 aromatic carbocycles. The Morgan fingerprint density at radius 1 is 0.756 bits per heavy atom. The van der Waals surface area contributed by atoms with E-state index in [1.54, 1.807) is 48.5 Å². The van der Waals surface area contributed by atoms with Crippen LogP contribution in [-0.4, -0.2) is 42.5 Å². The van der Waals surface area contributed by atoms with E-state index < -0.39 is 30.0 Å². The number of fused-ring (bicyclic) bond motifs is 1. The van der Waals surface area contributed by atoms with Crippen molar-refractivity contribution in [3.05, 3.63) is 90.0 Å². The quantitative estimate of drug-likeness (QED) is 0.144. The molecule has 0 fully saturated rings. The van der Waals surface area contributed by atoms with Crippen molar-refractivity contribution >= 4 is 47.0 Å². The maximum Gasteiger partial charge on any atom is 0.407 e. The fourth-order valence-corrected chi connectivity index (χ4v) is 3.83. The first-order valence-electron chi connectivity index (χ1n) is 12.8. The van der Waals surface area contributed by atoms with E-state index in [-0.39, 0.29) is 32.1 Å². The maximum atomic E-state index is 12.5. The predicted molar refractivity (Wildman–Crippen MR) is 150 cm³/mol. The number of urea groups is 1. The van der Waals surface area contributed by atoms with Crippen molar-refractivity contribution in [2.75, 3.05) is 22.5 Å². The van der Waals surface area contributed by atoms with Gasteiger partial charge in [-0.15, -0.1) is 0 Å². The van der Waals surface area contributed by atoms with Crippen LogP contribution in [0.3, 0.4) is 0 Å². The van der Waals surface area contributed by atoms with Gasteiger partial charge in [0.2, 0.25) is 0 Å². The number of alkyl carbamates (subject to hydrolysis) is 1. The summed E-state index contributed by atoms with van der Waals surface area (Å²) in [5, 5.41) is 12.7. The number of ether oxygens (including phenoxy) is 2. The minimum Gasteiger partial charge on any atom is -0.461 e. The third-order valence-corrected chi connectivity index (χ3v) is 5.87. The second kappa shape index (κ2) is 14.1. The molecule has 0 unspecified atom stereocenters. The van der Waals surface area contributed by atoms with Gasteiger partial charge in [0.05, 0.1) is 11.4 Å². The number of amides is 5. The zero-order valence-corrected chi connectivity index (χ0v) is 22.0. The number of nitrogens with one attached hydrogen (secondary N) is 5. The molecule has 0 atom stereocenters. The number of esters is 1. The number of carbonyl (C=O) groups is 5. The molecule has 41 heavy (non-hydrogen) atoms. The molecule has 4 rings (SSSR count). The van der Waals surface area contributed by atoms with Crippen molar-refractivity contribution in [1.82, 2.24) is 10.6 Å². The highest BCUT2D eigenvalue weighted by Gasteiger charge is 2.32. The lowest BCUT2D eigenvalue weighted by Gasteiger charge is -2.15. The molecule has 1 aliphatic rings. The van der Waals surface area contributed by atoms with Crippen molar-refractivity contribution in [3.63, 3.8) is 0 Å². The Hall–Kier alpha value is -5.39. The highest BCUT2D eigenvalue weighted by atomic mass is 16.5. The van der Waals surface area contributed by atoms with Gasteiger partial charge in [-0.25, -0.2) is 9.59 Å². The lowest BCUT2D eigenvalue weighted by molar-refractivity contribution is -0.145. The van der Waals surface area contributed by atoms with Crippen LogP contribution in [0, 0.1) is 0 Å². The maximum absolute atomic E-state index is 12.5. The van der Waals surface area contributed by atoms with Gasteiger partial charge in [0.15, 0.2) is 6.04 Å². The minimum atomic E-state index is -1.46. The molecule has 212 valence electrons. The number of hydrogen-bond acceptors (Lipinski definition) is 7. The number of anilines is 3. The molecule has 5 amide bonds. The minimum absolute atomic E-state index is 0.0756. The highest BCUT2D eigenvalue weighted by Crippen LogP contribution is 2.23. The SMILES string of the molecule is O=C(Nc1cccc(COC(=O)NCCCC(=O)OCc2ccccc2)c1)NC1C(=O)Nc2ccccc2NC1=O. The summed E-state index contributed by atoms with van der Waals surface area (Å²) in [6, 6.07) is 20.3. The molecule has 0 aromatic heterocycles. The molecule has 0 spiro atoms. The van der Waals surface area contributed by atoms with Crippen LogP contribution >= 0.6 is 0 Å². The molecule has 1 heterocycles. The van der Waals surface area contributed by atoms with Crippen LogP contribution < -0.4 is 26.6 Å². The predicted octanol–water partition coefficient (Wildman–Crippen LogP) is 3.52. The Balaban J connectivity index is 1.16. The van der Waals surface area contributed by atoms with Gasteiger partial charge >= 0.3 is 18.1 Å². The Bertz CT molecular complexity index is 1380. The smallest absolute Gasteiger partial charge is 0.407 e. The average molecular weight is 560 g/mol. The van der Waals surface area contributed by atoms with Gasteiger partial charge in [-0.2, -0.15) is 0 Å². The summed E-state index contributed by atoms with van der Waals surface area (Å²) in [6.07, 6.45) is -0.120. The molecule has 12 nitrogen and oxygen atoms in total. The topological polar surface area (TPSA) is 164 Å². The summed E-state index contributed by atoms with van der Waals surface area (Å²) in [7, 11) is 0. The second-order valence-corrected chi connectivity index (χ2v) is 9.01. The first-order valence-corrected chi connectivity index (χ1v) is 12.8. The normalized spacial score (nSPS) is 12.6. The molecule has 1 aliphatic heterocycles. The van der Waals surface area contributed by atoms with Crippen molar-refractivity contribution in [2.45, 2.75) is 32.1 Å². The summed E-state index contributed by atoms with van der Waals surface area (Å²) in [5.74, 6) is -1.72. The zero-order chi connectivity index (χ0) is 29.0. The number of para-hydroxylation sites is 2. The van der Waals surface area contributed by atoms with Crippen molar-refractivity contribution in [2.24, 2.45) is 0 Å². The van der Waals surface area contributed by atoms with Gasteiger partial charge in [0.25, 0.3) is 11.8 Å². The van der Waals surface area contributed by atoms with Crippen LogP contribution in [0.5, 0.6) is 0 Å². The van der Waals surface area contributed by atoms with E-state index in [4.69, 9.17) is 9.47 Å². The summed E-state index contributed by atoms with van der Waals surface area (Å²) >= 11 is 0. The lowest BCUT2D eigenvalue weighted by atomic mass is 10.2. The third kappa shape index (κ3) is 8.82. The summed E-state index contributed by atoms with van der Waals surface area (Å²) in [6.45, 7) is 0.354. The van der Waals surface area contributed by atoms with E-state index >= 15 is 0 Å². The van der Waals surface area contributed by atoms with Gasteiger partial charge < -0.3 is 36.1 Å². The number of benzene rings is 3. The Kier molecular flexibility index (Phi) is 9.86. The number of carbonyl (C=O) groups excluding carboxylic acids is 5. The lowest BCUT2D eigenvalue weighted by Crippen LogP contribution is -2.51. The molecule has 0 aliphatic carbocycles. The fourth-order valence-electron chi connectivity index (χ4n) is 3.83. The monoisotopic (exact) mass is 559 g/mol. The van der Waals surface area contributed by atoms with Crippen LogP contribution in [0.1, 0.15) is 24.0 Å². The van der Waals surface area contributed by atoms with E-state index in [0.29, 0.717) is 29.0 Å². The van der Waals surface area contributed by atoms with Gasteiger partial charge in [0, 0.05) is 18.7 Å². The van der Waals surface area contributed by atoms with Crippen LogP contribution in [0.25, 0.3) is 0 Å². The largest absolute Gasteiger partial charge is 0.461 e. The second-order valence-electron chi connectivity index (χ2n) is 9.01. The fraction of sp³-hybridized carbons (Fsp3) is 0.207. The highest BCUT2D eigenvalue weighted by molar-refractivity contribution is 6.20. The van der Waals surface area contributed by atoms with Crippen LogP contribution in [0.2, 0.25) is 0 Å². The molecule has 12 heteroatoms. The van der Waals surface area contributed by atoms with E-state index in [1.807, 2.05) is 30.3 Å². The molecular formula is C29H29N5O7. The van der Waals surface area contributed by atoms with Gasteiger partial charge in [-0.05, 0) is 41.8 Å². The first kappa shape index (κ1) is 28.6. The zero-order valence-electron chi connectivity index (χ0n) is 22.0. The Labute approximate surface area is 235 Å². The summed E-state index contributed by atoms with van der Waals surface area (Å²) in [5.41, 5.74) is 2.69. The van der Waals surface area contributed by atoms with Crippen LogP contribution in [0.15, 0.2) is 78.9 Å². The van der Waals surface area contributed by atoms with Gasteiger partial charge in [-0.3, -0.25) is 14.4 Å². The van der Waals surface area contributed by atoms with Crippen molar-refractivity contribution < 1.29 is 33.4 Å². The van der Waals surface area contributed by atoms with E-state index in [9.17, 15) is 24.0 Å². The van der Waals surface area contributed by atoms with Crippen molar-refractivity contribution in [1.29, 1.82) is 0 Å². The summed E-state index contributed by atoms with van der Waals surface area (Å²) in [4.78, 5) is 61.4. The van der Waals surface area contributed by atoms with E-state index in [1.165, 1.54) is 0 Å². The molecule has 0 saturated carbocycles. The molecule has 0 saturated heterocycles. The average Bonchev–Trinajstić information content (AvgIpc) is 3.09. The van der Waals surface area contributed by atoms with Crippen LogP contribution in [0.4, 0.5) is 26.7 Å². The molecule has 0 radical (unpaired) electrons. The molecule has 3 aromatic rings. The number of rotatable bonds is 10. The number of hydrogen-bond donors (Lipinski definition) is 5. The van der Waals surface area contributed by atoms with Crippen LogP contribution in [-0.2, 0) is 37.1 Å². The van der Waals surface area contributed by atoms with Crippen molar-refractivity contribution in [3.8, 4) is 0 Å². The summed E-state index contributed by atoms with van der Waals surface area (Å²) < 4.78 is 10.4. The Morgan fingerprint density at radius 2 is 1.39 bits per heavy atom. The molecule has 0 bridgehead atoms. The first-order chi connectivity index (χ1) is 19.9. The van der Waals surface area contributed by atoms with E-state index in [0.717, 1.165) is 5.56 Å². The van der Waals surface area contributed by atoms with Gasteiger partial charge in [-0.1, -0.05) is 54.6 Å². The molecule has 5 N–H and O–H groups in total. The Morgan fingerprint density at radius 3 is 2.10 bits per heavy atom.